The Morgan fingerprint density at radius 2 is 1.54 bits per heavy atom. The van der Waals surface area contributed by atoms with E-state index in [0.29, 0.717) is 6.42 Å². The molecule has 0 aliphatic heterocycles. The van der Waals surface area contributed by atoms with Crippen molar-refractivity contribution >= 4 is 52.2 Å². The van der Waals surface area contributed by atoms with Gasteiger partial charge in [-0.25, -0.2) is 8.78 Å². The second-order valence-corrected chi connectivity index (χ2v) is 16.3. The molecule has 0 unspecified atom stereocenters. The third kappa shape index (κ3) is 6.33. The SMILES string of the molecule is C[C@H](Cc1c[nH]c2cc(I)ccc12)NCC(F)(F)CO[Si](c1ccccc1)(c1ccccc1)C(C)(C)C. The van der Waals surface area contributed by atoms with E-state index < -0.39 is 27.4 Å². The van der Waals surface area contributed by atoms with Gasteiger partial charge in [-0.15, -0.1) is 0 Å². The molecule has 7 heteroatoms. The van der Waals surface area contributed by atoms with Gasteiger partial charge in [-0.2, -0.15) is 0 Å². The van der Waals surface area contributed by atoms with Gasteiger partial charge in [0, 0.05) is 26.7 Å². The molecule has 0 amide bonds. The highest BCUT2D eigenvalue weighted by atomic mass is 127. The molecule has 3 nitrogen and oxygen atoms in total. The predicted octanol–water partition coefficient (Wildman–Crippen LogP) is 6.51. The molecule has 0 fully saturated rings. The number of fused-ring (bicyclic) bond motifs is 1. The molecule has 37 heavy (non-hydrogen) atoms. The third-order valence-electron chi connectivity index (χ3n) is 6.88. The van der Waals surface area contributed by atoms with Crippen molar-refractivity contribution in [1.82, 2.24) is 10.3 Å². The zero-order valence-electron chi connectivity index (χ0n) is 21.8. The Morgan fingerprint density at radius 1 is 0.946 bits per heavy atom. The number of halogens is 3. The van der Waals surface area contributed by atoms with Gasteiger partial charge in [-0.05, 0) is 69.0 Å². The summed E-state index contributed by atoms with van der Waals surface area (Å²) in [6.07, 6.45) is 2.63. The molecule has 196 valence electrons. The first-order valence-electron chi connectivity index (χ1n) is 12.6. The van der Waals surface area contributed by atoms with E-state index in [1.807, 2.05) is 73.8 Å². The van der Waals surface area contributed by atoms with E-state index in [0.717, 1.165) is 30.4 Å². The quantitative estimate of drug-likeness (QED) is 0.155. The van der Waals surface area contributed by atoms with Crippen LogP contribution in [0.3, 0.4) is 0 Å². The number of alkyl halides is 2. The van der Waals surface area contributed by atoms with Crippen LogP contribution in [0.1, 0.15) is 33.3 Å². The first-order valence-corrected chi connectivity index (χ1v) is 15.6. The summed E-state index contributed by atoms with van der Waals surface area (Å²) in [5.74, 6) is -3.02. The Morgan fingerprint density at radius 3 is 2.11 bits per heavy atom. The summed E-state index contributed by atoms with van der Waals surface area (Å²) in [5.41, 5.74) is 2.19. The van der Waals surface area contributed by atoms with Crippen molar-refractivity contribution in [2.75, 3.05) is 13.2 Å². The van der Waals surface area contributed by atoms with Gasteiger partial charge in [0.05, 0.1) is 13.2 Å². The first-order chi connectivity index (χ1) is 17.5. The van der Waals surface area contributed by atoms with E-state index in [1.165, 1.54) is 0 Å². The number of hydrogen-bond donors (Lipinski definition) is 2. The van der Waals surface area contributed by atoms with Crippen LogP contribution in [0.5, 0.6) is 0 Å². The second kappa shape index (κ2) is 11.4. The normalized spacial score (nSPS) is 13.7. The molecule has 0 bridgehead atoms. The molecule has 3 aromatic carbocycles. The minimum Gasteiger partial charge on any atom is -0.401 e. The van der Waals surface area contributed by atoms with Gasteiger partial charge in [0.25, 0.3) is 14.2 Å². The summed E-state index contributed by atoms with van der Waals surface area (Å²) in [6.45, 7) is 7.17. The van der Waals surface area contributed by atoms with E-state index in [2.05, 4.69) is 71.9 Å². The maximum atomic E-state index is 15.3. The van der Waals surface area contributed by atoms with E-state index in [9.17, 15) is 0 Å². The summed E-state index contributed by atoms with van der Waals surface area (Å²) in [4.78, 5) is 3.29. The van der Waals surface area contributed by atoms with Gasteiger partial charge in [0.1, 0.15) is 0 Å². The molecule has 4 rings (SSSR count). The number of rotatable bonds is 10. The maximum absolute atomic E-state index is 15.3. The predicted molar refractivity (Wildman–Crippen MR) is 161 cm³/mol. The fourth-order valence-corrected chi connectivity index (χ4v) is 10.2. The Labute approximate surface area is 233 Å². The molecule has 1 aromatic heterocycles. The number of aromatic amines is 1. The van der Waals surface area contributed by atoms with Crippen LogP contribution in [-0.2, 0) is 10.8 Å². The highest BCUT2D eigenvalue weighted by Gasteiger charge is 2.51. The van der Waals surface area contributed by atoms with Crippen LogP contribution >= 0.6 is 22.6 Å². The molecular weight excluding hydrogens is 597 g/mol. The number of hydrogen-bond acceptors (Lipinski definition) is 2. The molecule has 0 radical (unpaired) electrons. The Bertz CT molecular complexity index is 1270. The fraction of sp³-hybridized carbons (Fsp3) is 0.333. The zero-order chi connectivity index (χ0) is 26.7. The largest absolute Gasteiger partial charge is 0.401 e. The topological polar surface area (TPSA) is 37.0 Å². The summed E-state index contributed by atoms with van der Waals surface area (Å²) in [7, 11) is -3.01. The minimum absolute atomic E-state index is 0.114. The van der Waals surface area contributed by atoms with Crippen LogP contribution in [0.25, 0.3) is 10.9 Å². The van der Waals surface area contributed by atoms with Crippen LogP contribution in [0.15, 0.2) is 85.1 Å². The number of aromatic nitrogens is 1. The van der Waals surface area contributed by atoms with Gasteiger partial charge in [0.15, 0.2) is 0 Å². The molecule has 2 N–H and O–H groups in total. The summed E-state index contributed by atoms with van der Waals surface area (Å²) in [6, 6.07) is 25.9. The van der Waals surface area contributed by atoms with Crippen molar-refractivity contribution in [2.45, 2.75) is 51.1 Å². The zero-order valence-corrected chi connectivity index (χ0v) is 25.0. The van der Waals surface area contributed by atoms with Crippen molar-refractivity contribution in [3.05, 3.63) is 94.2 Å². The van der Waals surface area contributed by atoms with Crippen molar-refractivity contribution in [3.8, 4) is 0 Å². The summed E-state index contributed by atoms with van der Waals surface area (Å²) >= 11 is 2.29. The molecule has 4 aromatic rings. The lowest BCUT2D eigenvalue weighted by molar-refractivity contribution is -0.0433. The van der Waals surface area contributed by atoms with Gasteiger partial charge in [-0.1, -0.05) is 87.5 Å². The van der Waals surface area contributed by atoms with Gasteiger partial charge in [-0.3, -0.25) is 0 Å². The standard InChI is InChI=1S/C30H35F2IN2OSi/c1-22(17-23-19-34-28-18-24(33)15-16-27(23)28)35-20-30(31,32)21-36-37(29(2,3)4,25-11-7-5-8-12-25)26-13-9-6-10-14-26/h5-16,18-19,22,34-35H,17,20-21H2,1-4H3/t22-/m1/s1. The lowest BCUT2D eigenvalue weighted by Crippen LogP contribution is -2.67. The number of nitrogens with one attached hydrogen (secondary N) is 2. The van der Waals surface area contributed by atoms with Crippen LogP contribution in [-0.4, -0.2) is 38.4 Å². The van der Waals surface area contributed by atoms with Crippen molar-refractivity contribution in [2.24, 2.45) is 0 Å². The molecule has 0 aliphatic carbocycles. The van der Waals surface area contributed by atoms with E-state index in [1.54, 1.807) is 0 Å². The lowest BCUT2D eigenvalue weighted by atomic mass is 10.1. The van der Waals surface area contributed by atoms with Crippen molar-refractivity contribution in [1.29, 1.82) is 0 Å². The third-order valence-corrected chi connectivity index (χ3v) is 12.5. The van der Waals surface area contributed by atoms with E-state index in [-0.39, 0.29) is 11.1 Å². The summed E-state index contributed by atoms with van der Waals surface area (Å²) < 4.78 is 38.3. The second-order valence-electron chi connectivity index (χ2n) is 10.8. The Balaban J connectivity index is 1.49. The molecule has 1 atom stereocenters. The molecule has 1 heterocycles. The first kappa shape index (κ1) is 27.9. The molecule has 0 saturated heterocycles. The van der Waals surface area contributed by atoms with Crippen LogP contribution in [0.4, 0.5) is 8.78 Å². The minimum atomic E-state index is -3.02. The van der Waals surface area contributed by atoms with E-state index >= 15 is 8.78 Å². The molecule has 0 aliphatic rings. The van der Waals surface area contributed by atoms with Crippen LogP contribution < -0.4 is 15.7 Å². The summed E-state index contributed by atoms with van der Waals surface area (Å²) in [5, 5.41) is 5.85. The van der Waals surface area contributed by atoms with Crippen LogP contribution in [0, 0.1) is 3.57 Å². The molecule has 0 spiro atoms. The maximum Gasteiger partial charge on any atom is 0.281 e. The van der Waals surface area contributed by atoms with Crippen molar-refractivity contribution < 1.29 is 13.2 Å². The highest BCUT2D eigenvalue weighted by molar-refractivity contribution is 14.1. The Kier molecular flexibility index (Phi) is 8.57. The van der Waals surface area contributed by atoms with Gasteiger partial charge >= 0.3 is 0 Å². The molecular formula is C30H35F2IN2OSi. The van der Waals surface area contributed by atoms with Crippen molar-refractivity contribution in [3.63, 3.8) is 0 Å². The van der Waals surface area contributed by atoms with E-state index in [4.69, 9.17) is 4.43 Å². The molecule has 0 saturated carbocycles. The highest BCUT2D eigenvalue weighted by Crippen LogP contribution is 2.37. The average Bonchev–Trinajstić information content (AvgIpc) is 3.25. The monoisotopic (exact) mass is 632 g/mol. The van der Waals surface area contributed by atoms with Crippen LogP contribution in [0.2, 0.25) is 5.04 Å². The lowest BCUT2D eigenvalue weighted by Gasteiger charge is -2.43. The number of benzene rings is 3. The number of H-pyrrole nitrogens is 1. The Hall–Kier alpha value is -2.07. The van der Waals surface area contributed by atoms with Gasteiger partial charge in [0.2, 0.25) is 0 Å². The van der Waals surface area contributed by atoms with Gasteiger partial charge < -0.3 is 14.7 Å². The fourth-order valence-electron chi connectivity index (χ4n) is 5.08. The smallest absolute Gasteiger partial charge is 0.281 e. The average molecular weight is 633 g/mol.